The van der Waals surface area contributed by atoms with Gasteiger partial charge in [-0.2, -0.15) is 0 Å². The van der Waals surface area contributed by atoms with Gasteiger partial charge in [-0.05, 0) is 44.0 Å². The monoisotopic (exact) mass is 330 g/mol. The quantitative estimate of drug-likeness (QED) is 0.622. The second-order valence-electron chi connectivity index (χ2n) is 6.94. The summed E-state index contributed by atoms with van der Waals surface area (Å²) in [6, 6.07) is 8.66. The lowest BCUT2D eigenvalue weighted by atomic mass is 10.1. The summed E-state index contributed by atoms with van der Waals surface area (Å²) in [5, 5.41) is 0. The molecule has 4 nitrogen and oxygen atoms in total. The van der Waals surface area contributed by atoms with Gasteiger partial charge in [-0.1, -0.05) is 25.7 Å². The first-order valence-corrected chi connectivity index (χ1v) is 9.54. The molecule has 1 aromatic carbocycles. The fourth-order valence-corrected chi connectivity index (χ4v) is 3.99. The third-order valence-electron chi connectivity index (χ3n) is 5.40. The highest BCUT2D eigenvalue weighted by Gasteiger charge is 2.24. The number of carbonyl (C=O) groups is 1. The van der Waals surface area contributed by atoms with E-state index >= 15 is 0 Å². The van der Waals surface area contributed by atoms with Crippen molar-refractivity contribution in [3.63, 3.8) is 0 Å². The van der Waals surface area contributed by atoms with E-state index in [0.29, 0.717) is 12.2 Å². The summed E-state index contributed by atoms with van der Waals surface area (Å²) in [6.45, 7) is 6.73. The summed E-state index contributed by atoms with van der Waals surface area (Å²) in [5.41, 5.74) is 1.85. The molecule has 1 aliphatic carbocycles. The second kappa shape index (κ2) is 8.52. The number of anilines is 1. The maximum atomic E-state index is 11.7. The Balaban J connectivity index is 1.53. The van der Waals surface area contributed by atoms with E-state index in [1.807, 2.05) is 31.2 Å². The topological polar surface area (TPSA) is 32.8 Å². The van der Waals surface area contributed by atoms with Gasteiger partial charge in [-0.3, -0.25) is 4.90 Å². The van der Waals surface area contributed by atoms with Crippen molar-refractivity contribution >= 4 is 11.7 Å². The van der Waals surface area contributed by atoms with Gasteiger partial charge in [0, 0.05) is 37.9 Å². The lowest BCUT2D eigenvalue weighted by Gasteiger charge is -2.40. The third kappa shape index (κ3) is 4.29. The molecule has 0 N–H and O–H groups in total. The van der Waals surface area contributed by atoms with E-state index in [2.05, 4.69) is 9.80 Å². The Morgan fingerprint density at radius 2 is 1.62 bits per heavy atom. The summed E-state index contributed by atoms with van der Waals surface area (Å²) in [5.74, 6) is -0.234. The van der Waals surface area contributed by atoms with Crippen LogP contribution in [0.15, 0.2) is 24.3 Å². The Labute approximate surface area is 145 Å². The first-order chi connectivity index (χ1) is 11.8. The molecule has 2 aliphatic rings. The average Bonchev–Trinajstić information content (AvgIpc) is 2.92. The number of esters is 1. The van der Waals surface area contributed by atoms with Crippen LogP contribution in [0.25, 0.3) is 0 Å². The van der Waals surface area contributed by atoms with Crippen LogP contribution in [-0.4, -0.2) is 49.7 Å². The van der Waals surface area contributed by atoms with Crippen molar-refractivity contribution in [1.29, 1.82) is 0 Å². The first kappa shape index (κ1) is 17.3. The van der Waals surface area contributed by atoms with Gasteiger partial charge in [0.2, 0.25) is 0 Å². The van der Waals surface area contributed by atoms with Crippen LogP contribution in [0, 0.1) is 0 Å². The van der Waals surface area contributed by atoms with E-state index in [1.165, 1.54) is 44.2 Å². The predicted octanol–water partition coefficient (Wildman–Crippen LogP) is 3.71. The average molecular weight is 330 g/mol. The van der Waals surface area contributed by atoms with E-state index in [-0.39, 0.29) is 5.97 Å². The van der Waals surface area contributed by atoms with Crippen molar-refractivity contribution in [3.05, 3.63) is 29.8 Å². The van der Waals surface area contributed by atoms with Gasteiger partial charge in [-0.25, -0.2) is 4.79 Å². The van der Waals surface area contributed by atoms with Crippen LogP contribution in [0.5, 0.6) is 0 Å². The smallest absolute Gasteiger partial charge is 0.338 e. The molecule has 1 heterocycles. The van der Waals surface area contributed by atoms with Gasteiger partial charge in [0.1, 0.15) is 0 Å². The number of piperazine rings is 1. The largest absolute Gasteiger partial charge is 0.462 e. The molecule has 132 valence electrons. The summed E-state index contributed by atoms with van der Waals surface area (Å²) in [7, 11) is 0. The number of hydrogen-bond acceptors (Lipinski definition) is 4. The maximum Gasteiger partial charge on any atom is 0.338 e. The SMILES string of the molecule is CCOC(=O)c1ccc(N2CCN(C3CCCCCC3)CC2)cc1. The van der Waals surface area contributed by atoms with E-state index in [9.17, 15) is 4.79 Å². The molecule has 0 atom stereocenters. The lowest BCUT2D eigenvalue weighted by Crippen LogP contribution is -2.50. The Morgan fingerprint density at radius 3 is 2.21 bits per heavy atom. The Morgan fingerprint density at radius 1 is 1.00 bits per heavy atom. The van der Waals surface area contributed by atoms with Crippen molar-refractivity contribution in [3.8, 4) is 0 Å². The highest BCUT2D eigenvalue weighted by atomic mass is 16.5. The highest BCUT2D eigenvalue weighted by molar-refractivity contribution is 5.89. The molecule has 24 heavy (non-hydrogen) atoms. The lowest BCUT2D eigenvalue weighted by molar-refractivity contribution is 0.0526. The van der Waals surface area contributed by atoms with E-state index in [0.717, 1.165) is 32.2 Å². The van der Waals surface area contributed by atoms with Crippen molar-refractivity contribution in [2.75, 3.05) is 37.7 Å². The molecule has 0 unspecified atom stereocenters. The molecule has 0 radical (unpaired) electrons. The zero-order valence-electron chi connectivity index (χ0n) is 14.9. The standard InChI is InChI=1S/C20H30N2O2/c1-2-24-20(23)17-9-11-19(12-10-17)22-15-13-21(14-16-22)18-7-5-3-4-6-8-18/h9-12,18H,2-8,13-16H2,1H3. The number of nitrogens with zero attached hydrogens (tertiary/aromatic N) is 2. The Hall–Kier alpha value is -1.55. The Kier molecular flexibility index (Phi) is 6.13. The zero-order chi connectivity index (χ0) is 16.8. The van der Waals surface area contributed by atoms with Crippen LogP contribution >= 0.6 is 0 Å². The maximum absolute atomic E-state index is 11.7. The summed E-state index contributed by atoms with van der Waals surface area (Å²) in [6.07, 6.45) is 8.41. The molecule has 1 aliphatic heterocycles. The molecule has 0 bridgehead atoms. The van der Waals surface area contributed by atoms with Gasteiger partial charge >= 0.3 is 5.97 Å². The minimum Gasteiger partial charge on any atom is -0.462 e. The minimum atomic E-state index is -0.234. The van der Waals surface area contributed by atoms with Crippen LogP contribution in [0.3, 0.4) is 0 Å². The van der Waals surface area contributed by atoms with Crippen LogP contribution in [0.1, 0.15) is 55.8 Å². The Bertz CT molecular complexity index is 513. The molecule has 1 aromatic rings. The summed E-state index contributed by atoms with van der Waals surface area (Å²) in [4.78, 5) is 16.9. The van der Waals surface area contributed by atoms with Crippen molar-refractivity contribution in [2.45, 2.75) is 51.5 Å². The van der Waals surface area contributed by atoms with E-state index < -0.39 is 0 Å². The number of rotatable bonds is 4. The molecule has 0 spiro atoms. The molecule has 3 rings (SSSR count). The normalized spacial score (nSPS) is 20.6. The fourth-order valence-electron chi connectivity index (χ4n) is 3.99. The van der Waals surface area contributed by atoms with Crippen molar-refractivity contribution in [2.24, 2.45) is 0 Å². The van der Waals surface area contributed by atoms with E-state index in [1.54, 1.807) is 0 Å². The molecule has 2 fully saturated rings. The number of benzene rings is 1. The van der Waals surface area contributed by atoms with Crippen molar-refractivity contribution < 1.29 is 9.53 Å². The molecule has 4 heteroatoms. The molecule has 1 saturated carbocycles. The number of hydrogen-bond donors (Lipinski definition) is 0. The van der Waals surface area contributed by atoms with Crippen molar-refractivity contribution in [1.82, 2.24) is 4.90 Å². The van der Waals surface area contributed by atoms with E-state index in [4.69, 9.17) is 4.74 Å². The van der Waals surface area contributed by atoms with Gasteiger partial charge in [-0.15, -0.1) is 0 Å². The van der Waals surface area contributed by atoms with Gasteiger partial charge in [0.05, 0.1) is 12.2 Å². The van der Waals surface area contributed by atoms with Crippen LogP contribution in [0.2, 0.25) is 0 Å². The first-order valence-electron chi connectivity index (χ1n) is 9.54. The predicted molar refractivity (Wildman–Crippen MR) is 97.7 cm³/mol. The molecular weight excluding hydrogens is 300 g/mol. The molecular formula is C20H30N2O2. The third-order valence-corrected chi connectivity index (χ3v) is 5.40. The van der Waals surface area contributed by atoms with Crippen LogP contribution < -0.4 is 4.90 Å². The van der Waals surface area contributed by atoms with Crippen LogP contribution in [-0.2, 0) is 4.74 Å². The molecule has 0 amide bonds. The fraction of sp³-hybridized carbons (Fsp3) is 0.650. The van der Waals surface area contributed by atoms with Gasteiger partial charge in [0.25, 0.3) is 0 Å². The molecule has 1 saturated heterocycles. The van der Waals surface area contributed by atoms with Crippen LogP contribution in [0.4, 0.5) is 5.69 Å². The highest BCUT2D eigenvalue weighted by Crippen LogP contribution is 2.24. The summed E-state index contributed by atoms with van der Waals surface area (Å²) < 4.78 is 5.05. The second-order valence-corrected chi connectivity index (χ2v) is 6.94. The van der Waals surface area contributed by atoms with Gasteiger partial charge < -0.3 is 9.64 Å². The number of carbonyl (C=O) groups excluding carboxylic acids is 1. The van der Waals surface area contributed by atoms with Gasteiger partial charge in [0.15, 0.2) is 0 Å². The zero-order valence-corrected chi connectivity index (χ0v) is 14.9. The number of ether oxygens (including phenoxy) is 1. The molecule has 0 aromatic heterocycles. The summed E-state index contributed by atoms with van der Waals surface area (Å²) >= 11 is 0. The minimum absolute atomic E-state index is 0.234.